The highest BCUT2D eigenvalue weighted by Gasteiger charge is 2.28. The third-order valence-electron chi connectivity index (χ3n) is 4.12. The van der Waals surface area contributed by atoms with E-state index in [1.165, 1.54) is 17.8 Å². The Hall–Kier alpha value is -2.21. The minimum absolute atomic E-state index is 0.158. The Bertz CT molecular complexity index is 667. The van der Waals surface area contributed by atoms with E-state index in [0.717, 1.165) is 25.7 Å². The molecule has 1 amide bonds. The van der Waals surface area contributed by atoms with Crippen LogP contribution in [0.3, 0.4) is 0 Å². The molecule has 126 valence electrons. The lowest BCUT2D eigenvalue weighted by Crippen LogP contribution is -2.40. The molecule has 0 aromatic carbocycles. The Balaban J connectivity index is 1.74. The molecule has 1 aliphatic rings. The molecule has 1 aliphatic carbocycles. The standard InChI is InChI=1S/C18H20N2O3S/c21-17(20-14-7-2-1-3-8-14)16(13-6-4-10-19-12-13)23-18(22)15-9-5-11-24-15/h4-6,9-12,14,16H,1-3,7-8H2,(H,20,21). The molecule has 6 heteroatoms. The van der Waals surface area contributed by atoms with Crippen LogP contribution in [0.5, 0.6) is 0 Å². The normalized spacial score (nSPS) is 16.3. The molecule has 1 unspecified atom stereocenters. The highest BCUT2D eigenvalue weighted by atomic mass is 32.1. The van der Waals surface area contributed by atoms with Crippen molar-refractivity contribution in [3.8, 4) is 0 Å². The zero-order chi connectivity index (χ0) is 16.8. The van der Waals surface area contributed by atoms with E-state index in [-0.39, 0.29) is 11.9 Å². The lowest BCUT2D eigenvalue weighted by Gasteiger charge is -2.25. The number of nitrogens with zero attached hydrogens (tertiary/aromatic N) is 1. The predicted molar refractivity (Wildman–Crippen MR) is 91.7 cm³/mol. The molecule has 3 rings (SSSR count). The predicted octanol–water partition coefficient (Wildman–Crippen LogP) is 3.49. The van der Waals surface area contributed by atoms with Gasteiger partial charge in [-0.25, -0.2) is 4.79 Å². The summed E-state index contributed by atoms with van der Waals surface area (Å²) in [5, 5.41) is 4.83. The summed E-state index contributed by atoms with van der Waals surface area (Å²) in [5.74, 6) is -0.766. The molecule has 1 N–H and O–H groups in total. The second kappa shape index (κ2) is 8.06. The Kier molecular flexibility index (Phi) is 5.59. The molecule has 0 aliphatic heterocycles. The van der Waals surface area contributed by atoms with Crippen molar-refractivity contribution in [1.29, 1.82) is 0 Å². The first-order valence-electron chi connectivity index (χ1n) is 8.19. The van der Waals surface area contributed by atoms with Crippen LogP contribution in [0, 0.1) is 0 Å². The van der Waals surface area contributed by atoms with Gasteiger partial charge in [0.15, 0.2) is 0 Å². The van der Waals surface area contributed by atoms with E-state index in [9.17, 15) is 9.59 Å². The van der Waals surface area contributed by atoms with Gasteiger partial charge in [-0.3, -0.25) is 9.78 Å². The molecular formula is C18H20N2O3S. The molecule has 2 aromatic rings. The van der Waals surface area contributed by atoms with E-state index in [4.69, 9.17) is 4.74 Å². The van der Waals surface area contributed by atoms with Crippen molar-refractivity contribution in [2.45, 2.75) is 44.2 Å². The molecular weight excluding hydrogens is 324 g/mol. The van der Waals surface area contributed by atoms with Crippen LogP contribution in [-0.2, 0) is 9.53 Å². The van der Waals surface area contributed by atoms with Crippen molar-refractivity contribution >= 4 is 23.2 Å². The quantitative estimate of drug-likeness (QED) is 0.843. The van der Waals surface area contributed by atoms with Gasteiger partial charge in [-0.15, -0.1) is 11.3 Å². The van der Waals surface area contributed by atoms with E-state index in [1.807, 2.05) is 0 Å². The van der Waals surface area contributed by atoms with Gasteiger partial charge in [0.25, 0.3) is 5.91 Å². The molecule has 1 fully saturated rings. The smallest absolute Gasteiger partial charge is 0.349 e. The fraction of sp³-hybridized carbons (Fsp3) is 0.389. The Labute approximate surface area is 145 Å². The summed E-state index contributed by atoms with van der Waals surface area (Å²) in [5.41, 5.74) is 0.579. The Morgan fingerprint density at radius 3 is 2.71 bits per heavy atom. The third kappa shape index (κ3) is 4.20. The topological polar surface area (TPSA) is 68.3 Å². The number of pyridine rings is 1. The highest BCUT2D eigenvalue weighted by molar-refractivity contribution is 7.11. The number of aromatic nitrogens is 1. The zero-order valence-electron chi connectivity index (χ0n) is 13.3. The molecule has 5 nitrogen and oxygen atoms in total. The third-order valence-corrected chi connectivity index (χ3v) is 4.97. The maximum absolute atomic E-state index is 12.7. The van der Waals surface area contributed by atoms with Crippen molar-refractivity contribution in [3.05, 3.63) is 52.5 Å². The van der Waals surface area contributed by atoms with Gasteiger partial charge in [-0.2, -0.15) is 0 Å². The van der Waals surface area contributed by atoms with Gasteiger partial charge in [0, 0.05) is 24.0 Å². The summed E-state index contributed by atoms with van der Waals surface area (Å²) in [6, 6.07) is 7.11. The van der Waals surface area contributed by atoms with Gasteiger partial charge in [-0.1, -0.05) is 31.4 Å². The van der Waals surface area contributed by atoms with Crippen LogP contribution in [-0.4, -0.2) is 22.9 Å². The first-order chi connectivity index (χ1) is 11.7. The van der Waals surface area contributed by atoms with Crippen molar-refractivity contribution in [2.24, 2.45) is 0 Å². The molecule has 0 bridgehead atoms. The molecule has 1 saturated carbocycles. The second-order valence-electron chi connectivity index (χ2n) is 5.89. The Morgan fingerprint density at radius 1 is 1.21 bits per heavy atom. The highest BCUT2D eigenvalue weighted by Crippen LogP contribution is 2.23. The van der Waals surface area contributed by atoms with E-state index >= 15 is 0 Å². The van der Waals surface area contributed by atoms with Crippen LogP contribution >= 0.6 is 11.3 Å². The molecule has 0 radical (unpaired) electrons. The van der Waals surface area contributed by atoms with Gasteiger partial charge >= 0.3 is 5.97 Å². The maximum Gasteiger partial charge on any atom is 0.349 e. The lowest BCUT2D eigenvalue weighted by atomic mass is 9.95. The first kappa shape index (κ1) is 16.6. The minimum atomic E-state index is -0.977. The maximum atomic E-state index is 12.7. The minimum Gasteiger partial charge on any atom is -0.443 e. The van der Waals surface area contributed by atoms with E-state index in [1.54, 1.807) is 42.0 Å². The van der Waals surface area contributed by atoms with Gasteiger partial charge in [0.2, 0.25) is 6.10 Å². The number of hydrogen-bond acceptors (Lipinski definition) is 5. The second-order valence-corrected chi connectivity index (χ2v) is 6.84. The average molecular weight is 344 g/mol. The number of thiophene rings is 1. The number of hydrogen-bond donors (Lipinski definition) is 1. The number of carbonyl (C=O) groups excluding carboxylic acids is 2. The number of amides is 1. The van der Waals surface area contributed by atoms with Gasteiger partial charge < -0.3 is 10.1 Å². The van der Waals surface area contributed by atoms with E-state index in [0.29, 0.717) is 10.4 Å². The molecule has 0 saturated heterocycles. The number of esters is 1. The van der Waals surface area contributed by atoms with Crippen molar-refractivity contribution in [2.75, 3.05) is 0 Å². The van der Waals surface area contributed by atoms with Gasteiger partial charge in [0.05, 0.1) is 0 Å². The van der Waals surface area contributed by atoms with Crippen LogP contribution in [0.4, 0.5) is 0 Å². The van der Waals surface area contributed by atoms with Crippen molar-refractivity contribution in [3.63, 3.8) is 0 Å². The Morgan fingerprint density at radius 2 is 2.04 bits per heavy atom. The average Bonchev–Trinajstić information content (AvgIpc) is 3.16. The number of carbonyl (C=O) groups is 2. The largest absolute Gasteiger partial charge is 0.443 e. The monoisotopic (exact) mass is 344 g/mol. The van der Waals surface area contributed by atoms with Crippen LogP contribution < -0.4 is 5.32 Å². The van der Waals surface area contributed by atoms with Crippen LogP contribution in [0.15, 0.2) is 42.0 Å². The summed E-state index contributed by atoms with van der Waals surface area (Å²) in [6.45, 7) is 0. The van der Waals surface area contributed by atoms with Crippen LogP contribution in [0.25, 0.3) is 0 Å². The summed E-state index contributed by atoms with van der Waals surface area (Å²) in [7, 11) is 0. The number of rotatable bonds is 5. The summed E-state index contributed by atoms with van der Waals surface area (Å²) >= 11 is 1.29. The summed E-state index contributed by atoms with van der Waals surface area (Å²) in [4.78, 5) is 29.5. The van der Waals surface area contributed by atoms with E-state index in [2.05, 4.69) is 10.3 Å². The molecule has 1 atom stereocenters. The zero-order valence-corrected chi connectivity index (χ0v) is 14.1. The lowest BCUT2D eigenvalue weighted by molar-refractivity contribution is -0.131. The SMILES string of the molecule is O=C(OC(C(=O)NC1CCCCC1)c1cccnc1)c1cccs1. The fourth-order valence-electron chi connectivity index (χ4n) is 2.89. The summed E-state index contributed by atoms with van der Waals surface area (Å²) < 4.78 is 5.50. The molecule has 24 heavy (non-hydrogen) atoms. The molecule has 2 heterocycles. The molecule has 2 aromatic heterocycles. The fourth-order valence-corrected chi connectivity index (χ4v) is 3.49. The molecule has 0 spiro atoms. The van der Waals surface area contributed by atoms with Crippen molar-refractivity contribution in [1.82, 2.24) is 10.3 Å². The van der Waals surface area contributed by atoms with Gasteiger partial charge in [-0.05, 0) is 30.4 Å². The van der Waals surface area contributed by atoms with Crippen LogP contribution in [0.1, 0.15) is 53.4 Å². The van der Waals surface area contributed by atoms with Crippen molar-refractivity contribution < 1.29 is 14.3 Å². The van der Waals surface area contributed by atoms with E-state index < -0.39 is 12.1 Å². The number of ether oxygens (including phenoxy) is 1. The summed E-state index contributed by atoms with van der Waals surface area (Å²) in [6.07, 6.45) is 7.62. The number of nitrogens with one attached hydrogen (secondary N) is 1. The first-order valence-corrected chi connectivity index (χ1v) is 9.07. The van der Waals surface area contributed by atoms with Crippen LogP contribution in [0.2, 0.25) is 0 Å². The van der Waals surface area contributed by atoms with Gasteiger partial charge in [0.1, 0.15) is 4.88 Å².